The number of nitrogens with zero attached hydrogens (tertiary/aromatic N) is 1. The maximum Gasteiger partial charge on any atom is 0.168 e. The zero-order valence-electron chi connectivity index (χ0n) is 4.84. The number of amidine groups is 1. The fourth-order valence-electron chi connectivity index (χ4n) is 0.491. The van der Waals surface area contributed by atoms with Crippen LogP contribution >= 0.6 is 22.6 Å². The zero-order chi connectivity index (χ0) is 6.53. The Bertz CT molecular complexity index is 170. The van der Waals surface area contributed by atoms with Crippen molar-refractivity contribution in [2.75, 3.05) is 0 Å². The van der Waals surface area contributed by atoms with E-state index < -0.39 is 0 Å². The highest BCUT2D eigenvalue weighted by Gasteiger charge is 1.85. The van der Waals surface area contributed by atoms with Gasteiger partial charge in [-0.25, -0.2) is 4.99 Å². The molecule has 48 valence electrons. The number of aliphatic imine (C=N–C) groups is 1. The van der Waals surface area contributed by atoms with Gasteiger partial charge in [-0.15, -0.1) is 0 Å². The van der Waals surface area contributed by atoms with Gasteiger partial charge in [0.25, 0.3) is 0 Å². The zero-order valence-corrected chi connectivity index (χ0v) is 7.00. The first-order chi connectivity index (χ1) is 4.39. The Labute approximate surface area is 67.9 Å². The van der Waals surface area contributed by atoms with Crippen LogP contribution in [0.4, 0.5) is 0 Å². The normalized spacial score (nSPS) is 30.6. The van der Waals surface area contributed by atoms with Gasteiger partial charge < -0.3 is 5.32 Å². The minimum absolute atomic E-state index is 0.903. The molecule has 1 aliphatic rings. The molecular weight excluding hydrogens is 227 g/mol. The van der Waals surface area contributed by atoms with E-state index in [1.807, 2.05) is 18.4 Å². The van der Waals surface area contributed by atoms with Gasteiger partial charge >= 0.3 is 0 Å². The van der Waals surface area contributed by atoms with Crippen LogP contribution in [0.5, 0.6) is 0 Å². The summed E-state index contributed by atoms with van der Waals surface area (Å²) in [5.74, 6) is 0. The van der Waals surface area contributed by atoms with Gasteiger partial charge in [0, 0.05) is 6.20 Å². The van der Waals surface area contributed by atoms with E-state index in [2.05, 4.69) is 32.9 Å². The molecule has 0 saturated heterocycles. The monoisotopic (exact) mass is 234 g/mol. The summed E-state index contributed by atoms with van der Waals surface area (Å²) in [5.41, 5.74) is 0. The highest BCUT2D eigenvalue weighted by molar-refractivity contribution is 14.1. The molecule has 0 spiro atoms. The van der Waals surface area contributed by atoms with Gasteiger partial charge in [0.1, 0.15) is 0 Å². The lowest BCUT2D eigenvalue weighted by Gasteiger charge is -1.95. The van der Waals surface area contributed by atoms with Gasteiger partial charge in [-0.3, -0.25) is 0 Å². The van der Waals surface area contributed by atoms with Crippen LogP contribution in [0.15, 0.2) is 29.5 Å². The molecule has 0 unspecified atom stereocenters. The Morgan fingerprint density at radius 1 is 1.56 bits per heavy atom. The van der Waals surface area contributed by atoms with E-state index in [1.54, 1.807) is 6.20 Å². The first-order valence-electron chi connectivity index (χ1n) is 2.69. The Hall–Kier alpha value is -0.320. The molecule has 9 heavy (non-hydrogen) atoms. The first-order valence-corrected chi connectivity index (χ1v) is 3.77. The van der Waals surface area contributed by atoms with Crippen LogP contribution in [0.2, 0.25) is 0 Å². The third-order valence-corrected chi connectivity index (χ3v) is 1.48. The van der Waals surface area contributed by atoms with E-state index in [1.165, 1.54) is 0 Å². The summed E-state index contributed by atoms with van der Waals surface area (Å²) in [6.07, 6.45) is 8.72. The van der Waals surface area contributed by atoms with E-state index in [9.17, 15) is 0 Å². The van der Waals surface area contributed by atoms with Crippen molar-refractivity contribution in [1.29, 1.82) is 0 Å². The van der Waals surface area contributed by atoms with Crippen molar-refractivity contribution >= 4 is 26.4 Å². The number of nitrogens with one attached hydrogen (secondary N) is 1. The van der Waals surface area contributed by atoms with E-state index in [0.717, 1.165) is 10.3 Å². The molecule has 0 aromatic carbocycles. The molecule has 0 aliphatic carbocycles. The van der Waals surface area contributed by atoms with Gasteiger partial charge in [-0.1, -0.05) is 12.2 Å². The Morgan fingerprint density at radius 2 is 2.44 bits per heavy atom. The molecule has 0 aromatic heterocycles. The summed E-state index contributed by atoms with van der Waals surface area (Å²) in [7, 11) is 0. The van der Waals surface area contributed by atoms with Crippen LogP contribution < -0.4 is 5.32 Å². The Kier molecular flexibility index (Phi) is 2.76. The van der Waals surface area contributed by atoms with E-state index in [0.29, 0.717) is 0 Å². The van der Waals surface area contributed by atoms with Gasteiger partial charge in [0.2, 0.25) is 0 Å². The molecule has 1 aliphatic heterocycles. The number of allylic oxidation sites excluding steroid dienone is 2. The lowest BCUT2D eigenvalue weighted by Crippen LogP contribution is -2.08. The van der Waals surface area contributed by atoms with Gasteiger partial charge in [-0.2, -0.15) is 0 Å². The van der Waals surface area contributed by atoms with E-state index in [-0.39, 0.29) is 0 Å². The highest BCUT2D eigenvalue weighted by Crippen LogP contribution is 1.94. The summed E-state index contributed by atoms with van der Waals surface area (Å²) in [5, 5.41) is 2.99. The number of rotatable bonds is 0. The second-order valence-electron chi connectivity index (χ2n) is 1.59. The second kappa shape index (κ2) is 3.66. The third-order valence-electron chi connectivity index (χ3n) is 0.886. The number of halogens is 1. The number of hydrogen-bond acceptors (Lipinski definition) is 2. The molecule has 0 amide bonds. The largest absolute Gasteiger partial charge is 0.342 e. The maximum absolute atomic E-state index is 4.04. The van der Waals surface area contributed by atoms with Gasteiger partial charge in [0.05, 0.1) is 0 Å². The van der Waals surface area contributed by atoms with Crippen molar-refractivity contribution in [1.82, 2.24) is 5.32 Å². The van der Waals surface area contributed by atoms with Crippen molar-refractivity contribution in [3.8, 4) is 0 Å². The first kappa shape index (κ1) is 6.80. The summed E-state index contributed by atoms with van der Waals surface area (Å²) in [6.45, 7) is 0. The summed E-state index contributed by atoms with van der Waals surface area (Å²) in [4.78, 5) is 4.04. The molecule has 1 N–H and O–H groups in total. The van der Waals surface area contributed by atoms with Crippen LogP contribution in [0.25, 0.3) is 0 Å². The van der Waals surface area contributed by atoms with Crippen molar-refractivity contribution in [2.45, 2.75) is 6.42 Å². The molecule has 0 radical (unpaired) electrons. The maximum atomic E-state index is 4.04. The van der Waals surface area contributed by atoms with Crippen molar-refractivity contribution in [2.24, 2.45) is 4.99 Å². The lowest BCUT2D eigenvalue weighted by atomic mass is 10.4. The molecule has 3 heteroatoms. The Morgan fingerprint density at radius 3 is 3.33 bits per heavy atom. The van der Waals surface area contributed by atoms with Crippen LogP contribution in [-0.4, -0.2) is 3.84 Å². The van der Waals surface area contributed by atoms with Gasteiger partial charge in [0.15, 0.2) is 3.84 Å². The van der Waals surface area contributed by atoms with E-state index in [4.69, 9.17) is 0 Å². The van der Waals surface area contributed by atoms with Crippen LogP contribution in [0, 0.1) is 0 Å². The highest BCUT2D eigenvalue weighted by atomic mass is 127. The molecule has 0 aromatic rings. The molecule has 1 rings (SSSR count). The third kappa shape index (κ3) is 2.64. The fraction of sp³-hybridized carbons (Fsp3) is 0.167. The lowest BCUT2D eigenvalue weighted by molar-refractivity contribution is 1.22. The van der Waals surface area contributed by atoms with Crippen LogP contribution in [0.1, 0.15) is 6.42 Å². The van der Waals surface area contributed by atoms with E-state index >= 15 is 0 Å². The smallest absolute Gasteiger partial charge is 0.168 e. The van der Waals surface area contributed by atoms with Crippen molar-refractivity contribution in [3.63, 3.8) is 0 Å². The average molecular weight is 234 g/mol. The SMILES string of the molecule is I/C1=N/C=C\C/C=C\N1. The van der Waals surface area contributed by atoms with Crippen LogP contribution in [0.3, 0.4) is 0 Å². The number of hydrogen-bond donors (Lipinski definition) is 1. The molecule has 2 nitrogen and oxygen atoms in total. The minimum atomic E-state index is 0.903. The quantitative estimate of drug-likeness (QED) is 0.501. The van der Waals surface area contributed by atoms with Gasteiger partial charge in [-0.05, 0) is 35.2 Å². The van der Waals surface area contributed by atoms with Crippen molar-refractivity contribution < 1.29 is 0 Å². The Balaban J connectivity index is 2.63. The summed E-state index contributed by atoms with van der Waals surface area (Å²) >= 11 is 2.14. The van der Waals surface area contributed by atoms with Crippen LogP contribution in [-0.2, 0) is 0 Å². The standard InChI is InChI=1S/C6H7IN2/c7-6-8-4-2-1-3-5-9-6/h2-5H,1H2,(H,8,9)/b4-2-,5-3-. The topological polar surface area (TPSA) is 24.4 Å². The molecule has 1 heterocycles. The summed E-state index contributed by atoms with van der Waals surface area (Å²) in [6, 6.07) is 0. The molecule has 0 saturated carbocycles. The predicted molar refractivity (Wildman–Crippen MR) is 47.5 cm³/mol. The average Bonchev–Trinajstić information content (AvgIpc) is 1.79. The second-order valence-corrected chi connectivity index (χ2v) is 2.61. The molecular formula is C6H7IN2. The minimum Gasteiger partial charge on any atom is -0.342 e. The molecule has 0 bridgehead atoms. The fourth-order valence-corrected chi connectivity index (χ4v) is 0.831. The molecule has 0 atom stereocenters. The van der Waals surface area contributed by atoms with Crippen molar-refractivity contribution in [3.05, 3.63) is 24.6 Å². The summed E-state index contributed by atoms with van der Waals surface area (Å²) < 4.78 is 0.903. The molecule has 0 fully saturated rings. The predicted octanol–water partition coefficient (Wildman–Crippen LogP) is 1.80.